The van der Waals surface area contributed by atoms with Crippen molar-refractivity contribution in [3.05, 3.63) is 52.6 Å². The molecule has 172 valence electrons. The third-order valence-electron chi connectivity index (χ3n) is 6.83. The molecule has 6 heteroatoms. The summed E-state index contributed by atoms with van der Waals surface area (Å²) < 4.78 is 0. The van der Waals surface area contributed by atoms with Gasteiger partial charge in [-0.3, -0.25) is 10.1 Å². The molecule has 0 radical (unpaired) electrons. The van der Waals surface area contributed by atoms with Gasteiger partial charge in [0, 0.05) is 11.6 Å². The molecule has 2 heterocycles. The quantitative estimate of drug-likeness (QED) is 0.434. The van der Waals surface area contributed by atoms with E-state index in [-0.39, 0.29) is 34.6 Å². The maximum atomic E-state index is 12.0. The first-order valence-corrected chi connectivity index (χ1v) is 11.2. The third-order valence-corrected chi connectivity index (χ3v) is 6.83. The van der Waals surface area contributed by atoms with Crippen molar-refractivity contribution in [1.29, 1.82) is 0 Å². The predicted molar refractivity (Wildman–Crippen MR) is 126 cm³/mol. The Morgan fingerprint density at radius 1 is 0.969 bits per heavy atom. The lowest BCUT2D eigenvalue weighted by Crippen LogP contribution is -2.52. The van der Waals surface area contributed by atoms with Crippen molar-refractivity contribution in [2.75, 3.05) is 5.32 Å². The second-order valence-electron chi connectivity index (χ2n) is 11.3. The van der Waals surface area contributed by atoms with Crippen molar-refractivity contribution >= 4 is 11.7 Å². The maximum absolute atomic E-state index is 12.0. The van der Waals surface area contributed by atoms with Gasteiger partial charge in [0.05, 0.1) is 12.1 Å². The first kappa shape index (κ1) is 22.5. The van der Waals surface area contributed by atoms with Gasteiger partial charge in [-0.05, 0) is 69.8 Å². The van der Waals surface area contributed by atoms with Gasteiger partial charge in [0.2, 0.25) is 0 Å². The SMILES string of the molecule is CC(C)(C)c1cc([C@@H]2N[C@H](C(=O)O)C[C@H]3c4cc(O)ccc4N[C@H]32)cc(C(C)(C)C)c1O. The Kier molecular flexibility index (Phi) is 5.20. The molecule has 1 saturated heterocycles. The first-order chi connectivity index (χ1) is 14.8. The summed E-state index contributed by atoms with van der Waals surface area (Å²) in [6, 6.07) is 8.24. The highest BCUT2D eigenvalue weighted by Crippen LogP contribution is 2.49. The highest BCUT2D eigenvalue weighted by molar-refractivity contribution is 5.75. The molecule has 1 fully saturated rings. The Morgan fingerprint density at radius 3 is 2.09 bits per heavy atom. The Hall–Kier alpha value is -2.73. The van der Waals surface area contributed by atoms with E-state index >= 15 is 0 Å². The lowest BCUT2D eigenvalue weighted by atomic mass is 9.74. The summed E-state index contributed by atoms with van der Waals surface area (Å²) in [7, 11) is 0. The second kappa shape index (κ2) is 7.41. The number of hydrogen-bond acceptors (Lipinski definition) is 5. The fraction of sp³-hybridized carbons (Fsp3) is 0.500. The van der Waals surface area contributed by atoms with E-state index in [9.17, 15) is 20.1 Å². The lowest BCUT2D eigenvalue weighted by molar-refractivity contribution is -0.140. The van der Waals surface area contributed by atoms with Gasteiger partial charge in [0.25, 0.3) is 0 Å². The highest BCUT2D eigenvalue weighted by atomic mass is 16.4. The summed E-state index contributed by atoms with van der Waals surface area (Å²) in [5, 5.41) is 38.0. The number of benzene rings is 2. The van der Waals surface area contributed by atoms with Crippen LogP contribution in [-0.2, 0) is 15.6 Å². The number of carboxylic acids is 1. The zero-order valence-corrected chi connectivity index (χ0v) is 19.7. The van der Waals surface area contributed by atoms with Crippen LogP contribution in [0, 0.1) is 0 Å². The van der Waals surface area contributed by atoms with Crippen molar-refractivity contribution in [3.8, 4) is 11.5 Å². The minimum absolute atomic E-state index is 0.0468. The van der Waals surface area contributed by atoms with Crippen LogP contribution in [0.3, 0.4) is 0 Å². The van der Waals surface area contributed by atoms with E-state index in [1.54, 1.807) is 12.1 Å². The topological polar surface area (TPSA) is 102 Å². The van der Waals surface area contributed by atoms with Crippen molar-refractivity contribution in [3.63, 3.8) is 0 Å². The summed E-state index contributed by atoms with van der Waals surface area (Å²) in [4.78, 5) is 12.0. The summed E-state index contributed by atoms with van der Waals surface area (Å²) in [6.45, 7) is 12.4. The van der Waals surface area contributed by atoms with Crippen LogP contribution in [0.15, 0.2) is 30.3 Å². The van der Waals surface area contributed by atoms with Crippen molar-refractivity contribution in [2.45, 2.75) is 82.8 Å². The van der Waals surface area contributed by atoms with Crippen LogP contribution in [0.2, 0.25) is 0 Å². The zero-order valence-electron chi connectivity index (χ0n) is 19.7. The number of piperidine rings is 1. The third kappa shape index (κ3) is 3.81. The molecule has 2 aromatic rings. The normalized spacial score (nSPS) is 25.1. The van der Waals surface area contributed by atoms with Crippen LogP contribution in [0.1, 0.15) is 82.2 Å². The summed E-state index contributed by atoms with van der Waals surface area (Å²) in [5.41, 5.74) is 3.99. The molecule has 0 saturated carbocycles. The molecule has 32 heavy (non-hydrogen) atoms. The number of phenols is 2. The fourth-order valence-corrected chi connectivity index (χ4v) is 5.15. The number of rotatable bonds is 2. The Balaban J connectivity index is 1.87. The number of carboxylic acid groups (broad SMARTS) is 1. The minimum atomic E-state index is -0.882. The molecule has 6 nitrogen and oxygen atoms in total. The van der Waals surface area contributed by atoms with Crippen LogP contribution in [-0.4, -0.2) is 33.4 Å². The number of nitrogens with one attached hydrogen (secondary N) is 2. The van der Waals surface area contributed by atoms with E-state index in [0.717, 1.165) is 27.9 Å². The average Bonchev–Trinajstić information content (AvgIpc) is 3.03. The van der Waals surface area contributed by atoms with Gasteiger partial charge in [-0.25, -0.2) is 0 Å². The van der Waals surface area contributed by atoms with Crippen LogP contribution in [0.4, 0.5) is 5.69 Å². The number of phenolic OH excluding ortho intramolecular Hbond substituents is 2. The maximum Gasteiger partial charge on any atom is 0.320 e. The molecular formula is C26H34N2O4. The molecule has 4 atom stereocenters. The lowest BCUT2D eigenvalue weighted by Gasteiger charge is -2.40. The molecule has 0 aromatic heterocycles. The smallest absolute Gasteiger partial charge is 0.320 e. The van der Waals surface area contributed by atoms with Gasteiger partial charge < -0.3 is 20.6 Å². The Labute approximate surface area is 189 Å². The van der Waals surface area contributed by atoms with E-state index in [0.29, 0.717) is 12.2 Å². The monoisotopic (exact) mass is 438 g/mol. The summed E-state index contributed by atoms with van der Waals surface area (Å²) in [5.74, 6) is -0.436. The van der Waals surface area contributed by atoms with Gasteiger partial charge in [-0.2, -0.15) is 0 Å². The molecule has 0 unspecified atom stereocenters. The van der Waals surface area contributed by atoms with Gasteiger partial charge in [0.15, 0.2) is 0 Å². The number of anilines is 1. The predicted octanol–water partition coefficient (Wildman–Crippen LogP) is 4.76. The van der Waals surface area contributed by atoms with E-state index < -0.39 is 12.0 Å². The highest BCUT2D eigenvalue weighted by Gasteiger charge is 2.46. The Bertz CT molecular complexity index is 1030. The molecular weight excluding hydrogens is 404 g/mol. The largest absolute Gasteiger partial charge is 0.508 e. The summed E-state index contributed by atoms with van der Waals surface area (Å²) >= 11 is 0. The molecule has 0 spiro atoms. The molecule has 2 aliphatic rings. The van der Waals surface area contributed by atoms with Gasteiger partial charge >= 0.3 is 5.97 Å². The van der Waals surface area contributed by atoms with Crippen molar-refractivity contribution in [2.24, 2.45) is 0 Å². The van der Waals surface area contributed by atoms with Gasteiger partial charge in [0.1, 0.15) is 17.5 Å². The van der Waals surface area contributed by atoms with E-state index in [1.807, 2.05) is 18.2 Å². The van der Waals surface area contributed by atoms with Crippen molar-refractivity contribution < 1.29 is 20.1 Å². The van der Waals surface area contributed by atoms with Crippen LogP contribution >= 0.6 is 0 Å². The van der Waals surface area contributed by atoms with Crippen LogP contribution in [0.5, 0.6) is 11.5 Å². The molecule has 5 N–H and O–H groups in total. The number of aliphatic carboxylic acids is 1. The number of aromatic hydroxyl groups is 2. The minimum Gasteiger partial charge on any atom is -0.508 e. The number of carbonyl (C=O) groups is 1. The second-order valence-corrected chi connectivity index (χ2v) is 11.3. The number of fused-ring (bicyclic) bond motifs is 3. The van der Waals surface area contributed by atoms with E-state index in [4.69, 9.17) is 0 Å². The van der Waals surface area contributed by atoms with E-state index in [1.165, 1.54) is 0 Å². The van der Waals surface area contributed by atoms with Gasteiger partial charge in [-0.15, -0.1) is 0 Å². The molecule has 2 aromatic carbocycles. The molecule has 0 bridgehead atoms. The summed E-state index contributed by atoms with van der Waals surface area (Å²) in [6.07, 6.45) is 0.441. The molecule has 2 aliphatic heterocycles. The molecule has 0 aliphatic carbocycles. The van der Waals surface area contributed by atoms with Gasteiger partial charge in [-0.1, -0.05) is 41.5 Å². The standard InChI is InChI=1S/C26H34N2O4/c1-25(2,3)17-9-13(10-18(23(17)30)26(4,5)6)21-22-16(12-20(28-21)24(31)32)15-11-14(29)7-8-19(15)27-22/h7-11,16,20-22,27-30H,12H2,1-6H3,(H,31,32)/t16-,20-,21-,22+/m0/s1. The molecule has 4 rings (SSSR count). The van der Waals surface area contributed by atoms with E-state index in [2.05, 4.69) is 52.2 Å². The first-order valence-electron chi connectivity index (χ1n) is 11.2. The average molecular weight is 439 g/mol. The number of hydrogen-bond donors (Lipinski definition) is 5. The van der Waals surface area contributed by atoms with Crippen LogP contribution < -0.4 is 10.6 Å². The van der Waals surface area contributed by atoms with Crippen molar-refractivity contribution in [1.82, 2.24) is 5.32 Å². The Morgan fingerprint density at radius 2 is 1.56 bits per heavy atom. The van der Waals surface area contributed by atoms with Crippen LogP contribution in [0.25, 0.3) is 0 Å². The zero-order chi connectivity index (χ0) is 23.6. The fourth-order valence-electron chi connectivity index (χ4n) is 5.15. The molecule has 0 amide bonds.